The minimum absolute atomic E-state index is 0.382. The van der Waals surface area contributed by atoms with Gasteiger partial charge in [-0.3, -0.25) is 0 Å². The summed E-state index contributed by atoms with van der Waals surface area (Å²) in [5.41, 5.74) is 0. The van der Waals surface area contributed by atoms with E-state index in [0.717, 1.165) is 0 Å². The Labute approximate surface area is 223 Å². The first-order valence-corrected chi connectivity index (χ1v) is 15.6. The molecule has 0 aliphatic rings. The van der Waals surface area contributed by atoms with Crippen LogP contribution in [0.15, 0.2) is 133 Å². The number of ether oxygens (including phenoxy) is 2. The molecule has 0 aliphatic carbocycles. The molecular weight excluding hydrogens is 510 g/mol. The summed E-state index contributed by atoms with van der Waals surface area (Å²) in [5, 5.41) is 3.23. The molecule has 190 valence electrons. The van der Waals surface area contributed by atoms with Gasteiger partial charge in [-0.2, -0.15) is 0 Å². The monoisotopic (exact) mass is 538 g/mol. The highest BCUT2D eigenvalue weighted by molar-refractivity contribution is 7.91. The summed E-state index contributed by atoms with van der Waals surface area (Å²) in [6.45, 7) is 0. The number of hydrogen-bond donors (Lipinski definition) is 0. The van der Waals surface area contributed by atoms with Crippen LogP contribution in [0.3, 0.4) is 0 Å². The number of benzene rings is 5. The lowest BCUT2D eigenvalue weighted by Gasteiger charge is -2.30. The van der Waals surface area contributed by atoms with Gasteiger partial charge in [0.2, 0.25) is 0 Å². The van der Waals surface area contributed by atoms with Crippen molar-refractivity contribution >= 4 is 46.1 Å². The van der Waals surface area contributed by atoms with Gasteiger partial charge in [0.25, 0.3) is 0 Å². The van der Waals surface area contributed by atoms with Crippen molar-refractivity contribution in [1.29, 1.82) is 0 Å². The van der Waals surface area contributed by atoms with E-state index < -0.39 is 14.3 Å². The quantitative estimate of drug-likeness (QED) is 0.262. The average molecular weight is 539 g/mol. The van der Waals surface area contributed by atoms with Crippen LogP contribution in [-0.4, -0.2) is 14.2 Å². The number of methoxy groups -OCH3 is 2. The first-order valence-electron chi connectivity index (χ1n) is 12.2. The van der Waals surface area contributed by atoms with Crippen molar-refractivity contribution in [2.24, 2.45) is 0 Å². The van der Waals surface area contributed by atoms with Crippen LogP contribution in [0.4, 0.5) is 0 Å². The van der Waals surface area contributed by atoms with E-state index in [1.807, 2.05) is 121 Å². The van der Waals surface area contributed by atoms with Gasteiger partial charge >= 0.3 is 0 Å². The highest BCUT2D eigenvalue weighted by Crippen LogP contribution is 2.52. The Morgan fingerprint density at radius 1 is 0.395 bits per heavy atom. The zero-order valence-electron chi connectivity index (χ0n) is 21.2. The molecule has 5 aromatic rings. The van der Waals surface area contributed by atoms with Crippen molar-refractivity contribution in [1.82, 2.24) is 0 Å². The van der Waals surface area contributed by atoms with Crippen molar-refractivity contribution < 1.29 is 18.6 Å². The van der Waals surface area contributed by atoms with Crippen molar-refractivity contribution in [2.75, 3.05) is 14.2 Å². The van der Waals surface area contributed by atoms with Crippen LogP contribution >= 0.6 is 14.3 Å². The van der Waals surface area contributed by atoms with Gasteiger partial charge in [-0.25, -0.2) is 0 Å². The van der Waals surface area contributed by atoms with Crippen molar-refractivity contribution in [2.45, 2.75) is 0 Å². The Kier molecular flexibility index (Phi) is 7.38. The molecule has 0 heterocycles. The Balaban J connectivity index is 2.01. The summed E-state index contributed by atoms with van der Waals surface area (Å²) < 4.78 is 43.3. The zero-order valence-corrected chi connectivity index (χ0v) is 23.0. The molecule has 0 atom stereocenters. The molecule has 0 N–H and O–H groups in total. The van der Waals surface area contributed by atoms with Crippen molar-refractivity contribution in [3.63, 3.8) is 0 Å². The fourth-order valence-corrected chi connectivity index (χ4v) is 11.5. The minimum atomic E-state index is -3.62. The summed E-state index contributed by atoms with van der Waals surface area (Å²) in [4.78, 5) is 0. The third kappa shape index (κ3) is 4.31. The lowest BCUT2D eigenvalue weighted by molar-refractivity contribution is 0.408. The smallest absolute Gasteiger partial charge is 0.175 e. The molecule has 0 fully saturated rings. The van der Waals surface area contributed by atoms with Crippen LogP contribution < -0.4 is 41.3 Å². The topological polar surface area (TPSA) is 52.6 Å². The molecule has 0 bridgehead atoms. The Morgan fingerprint density at radius 2 is 0.632 bits per heavy atom. The van der Waals surface area contributed by atoms with Gasteiger partial charge in [0, 0.05) is 21.2 Å². The van der Waals surface area contributed by atoms with Gasteiger partial charge in [-0.05, 0) is 12.1 Å². The maximum Gasteiger partial charge on any atom is 0.175 e. The molecular formula is C32H28O4P2. The molecule has 0 unspecified atom stereocenters. The Bertz CT molecular complexity index is 1410. The molecule has 0 spiro atoms. The van der Waals surface area contributed by atoms with Crippen LogP contribution in [0.25, 0.3) is 0 Å². The number of rotatable bonds is 8. The van der Waals surface area contributed by atoms with Crippen LogP contribution in [0.2, 0.25) is 0 Å². The maximum absolute atomic E-state index is 15.7. The van der Waals surface area contributed by atoms with E-state index in [2.05, 4.69) is 0 Å². The fraction of sp³-hybridized carbons (Fsp3) is 0.0625. The van der Waals surface area contributed by atoms with E-state index in [-0.39, 0.29) is 0 Å². The van der Waals surface area contributed by atoms with Crippen molar-refractivity contribution in [3.05, 3.63) is 133 Å². The summed E-state index contributed by atoms with van der Waals surface area (Å²) in [7, 11) is -4.15. The fourth-order valence-electron chi connectivity index (χ4n) is 4.85. The molecule has 0 aliphatic heterocycles. The third-order valence-electron chi connectivity index (χ3n) is 6.63. The van der Waals surface area contributed by atoms with E-state index in [1.54, 1.807) is 26.4 Å². The lowest BCUT2D eigenvalue weighted by atomic mass is 10.3. The molecule has 5 rings (SSSR count). The lowest BCUT2D eigenvalue weighted by Crippen LogP contribution is -2.40. The van der Waals surface area contributed by atoms with Gasteiger partial charge in [-0.1, -0.05) is 121 Å². The second kappa shape index (κ2) is 10.9. The Morgan fingerprint density at radius 3 is 0.842 bits per heavy atom. The zero-order chi connectivity index (χ0) is 26.6. The summed E-state index contributed by atoms with van der Waals surface area (Å²) >= 11 is 0. The van der Waals surface area contributed by atoms with Gasteiger partial charge in [0.05, 0.1) is 24.8 Å². The molecule has 5 aromatic carbocycles. The molecule has 0 aromatic heterocycles. The predicted molar refractivity (Wildman–Crippen MR) is 158 cm³/mol. The molecule has 4 nitrogen and oxygen atoms in total. The molecule has 0 radical (unpaired) electrons. The minimum Gasteiger partial charge on any atom is -0.496 e. The highest BCUT2D eigenvalue weighted by Gasteiger charge is 2.44. The summed E-state index contributed by atoms with van der Waals surface area (Å²) in [5.74, 6) is 0.785. The van der Waals surface area contributed by atoms with E-state index >= 15 is 9.13 Å². The molecule has 38 heavy (non-hydrogen) atoms. The largest absolute Gasteiger partial charge is 0.496 e. The maximum atomic E-state index is 15.7. The highest BCUT2D eigenvalue weighted by atomic mass is 31.2. The van der Waals surface area contributed by atoms with Gasteiger partial charge < -0.3 is 18.6 Å². The first-order chi connectivity index (χ1) is 18.5. The second-order valence-corrected chi connectivity index (χ2v) is 14.1. The molecule has 0 saturated carbocycles. The second-order valence-electron chi connectivity index (χ2n) is 8.73. The van der Waals surface area contributed by atoms with E-state index in [4.69, 9.17) is 9.47 Å². The standard InChI is InChI=1S/C32H28O4P2/c1-35-29-23-24-30(36-2)32(38(34,27-19-11-5-12-20-27)28-21-13-6-14-22-28)31(29)37(33,25-15-7-3-8-16-25)26-17-9-4-10-18-26/h3-24H,1-2H3. The van der Waals surface area contributed by atoms with Gasteiger partial charge in [0.1, 0.15) is 11.5 Å². The van der Waals surface area contributed by atoms with E-state index in [1.165, 1.54) is 0 Å². The SMILES string of the molecule is COc1ccc(OC)c(P(=O)(c2ccccc2)c2ccccc2)c1P(=O)(c1ccccc1)c1ccccc1. The Hall–Kier alpha value is -3.84. The summed E-state index contributed by atoms with van der Waals surface area (Å²) in [6.07, 6.45) is 0. The average Bonchev–Trinajstić information content (AvgIpc) is 3.01. The van der Waals surface area contributed by atoms with E-state index in [0.29, 0.717) is 43.3 Å². The molecule has 0 saturated heterocycles. The van der Waals surface area contributed by atoms with Crippen LogP contribution in [0, 0.1) is 0 Å². The van der Waals surface area contributed by atoms with E-state index in [9.17, 15) is 0 Å². The van der Waals surface area contributed by atoms with Gasteiger partial charge in [0.15, 0.2) is 14.3 Å². The van der Waals surface area contributed by atoms with Crippen molar-refractivity contribution in [3.8, 4) is 11.5 Å². The predicted octanol–water partition coefficient (Wildman–Crippen LogP) is 4.98. The van der Waals surface area contributed by atoms with Crippen LogP contribution in [-0.2, 0) is 9.13 Å². The number of hydrogen-bond acceptors (Lipinski definition) is 4. The normalized spacial score (nSPS) is 11.6. The third-order valence-corrected chi connectivity index (χ3v) is 13.1. The first kappa shape index (κ1) is 25.8. The van der Waals surface area contributed by atoms with Gasteiger partial charge in [-0.15, -0.1) is 0 Å². The van der Waals surface area contributed by atoms with Crippen LogP contribution in [0.5, 0.6) is 11.5 Å². The summed E-state index contributed by atoms with van der Waals surface area (Å²) in [6, 6.07) is 40.8. The molecule has 6 heteroatoms. The molecule has 0 amide bonds. The van der Waals surface area contributed by atoms with Crippen LogP contribution in [0.1, 0.15) is 0 Å².